The highest BCUT2D eigenvalue weighted by Gasteiger charge is 2.24. The number of carbonyl (C=O) groups excluding carboxylic acids is 2. The average molecular weight is 558 g/mol. The van der Waals surface area contributed by atoms with Crippen molar-refractivity contribution in [2.75, 3.05) is 7.11 Å². The van der Waals surface area contributed by atoms with E-state index in [4.69, 9.17) is 21.1 Å². The first-order chi connectivity index (χ1) is 19.4. The quantitative estimate of drug-likeness (QED) is 0.213. The molecule has 2 N–H and O–H groups in total. The summed E-state index contributed by atoms with van der Waals surface area (Å²) < 4.78 is 23.8. The fraction of sp³-hybridized carbons (Fsp3) is 0.129. The number of hydrogen-bond donors (Lipinski definition) is 2. The van der Waals surface area contributed by atoms with Gasteiger partial charge in [0.15, 0.2) is 5.82 Å². The second-order valence-electron chi connectivity index (χ2n) is 9.14. The van der Waals surface area contributed by atoms with Crippen LogP contribution in [0.1, 0.15) is 21.7 Å². The van der Waals surface area contributed by atoms with Crippen LogP contribution in [0.15, 0.2) is 91.0 Å². The lowest BCUT2D eigenvalue weighted by Gasteiger charge is -2.16. The number of benzene rings is 4. The minimum Gasteiger partial charge on any atom is -0.489 e. The van der Waals surface area contributed by atoms with Gasteiger partial charge in [0.05, 0.1) is 18.1 Å². The lowest BCUT2D eigenvalue weighted by molar-refractivity contribution is -0.142. The van der Waals surface area contributed by atoms with E-state index in [0.29, 0.717) is 28.4 Å². The molecule has 1 aromatic heterocycles. The fourth-order valence-corrected chi connectivity index (χ4v) is 4.33. The third-order valence-electron chi connectivity index (χ3n) is 6.35. The Hall–Kier alpha value is -4.69. The number of nitrogens with zero attached hydrogens (tertiary/aromatic N) is 1. The van der Waals surface area contributed by atoms with Gasteiger partial charge < -0.3 is 19.8 Å². The van der Waals surface area contributed by atoms with Crippen molar-refractivity contribution in [1.82, 2.24) is 15.3 Å². The molecular weight excluding hydrogens is 533 g/mol. The Morgan fingerprint density at radius 2 is 1.60 bits per heavy atom. The summed E-state index contributed by atoms with van der Waals surface area (Å²) in [5.74, 6) is -0.706. The summed E-state index contributed by atoms with van der Waals surface area (Å²) in [6, 6.07) is 25.4. The molecular formula is C31H25ClFN3O4. The summed E-state index contributed by atoms with van der Waals surface area (Å²) in [5.41, 5.74) is 4.85. The molecule has 1 amide bonds. The molecule has 5 aromatic rings. The largest absolute Gasteiger partial charge is 0.489 e. The van der Waals surface area contributed by atoms with Crippen LogP contribution in [0.2, 0.25) is 5.02 Å². The molecule has 0 saturated heterocycles. The number of rotatable bonds is 9. The Balaban J connectivity index is 1.25. The van der Waals surface area contributed by atoms with E-state index >= 15 is 0 Å². The molecule has 0 aliphatic carbocycles. The maximum Gasteiger partial charge on any atom is 0.328 e. The second-order valence-corrected chi connectivity index (χ2v) is 9.57. The zero-order valence-electron chi connectivity index (χ0n) is 21.5. The third kappa shape index (κ3) is 6.47. The number of methoxy groups -OCH3 is 1. The van der Waals surface area contributed by atoms with Crippen LogP contribution in [0, 0.1) is 5.82 Å². The van der Waals surface area contributed by atoms with Crippen LogP contribution >= 0.6 is 11.6 Å². The minimum atomic E-state index is -0.929. The Bertz CT molecular complexity index is 1630. The number of ether oxygens (including phenoxy) is 2. The average Bonchev–Trinajstić information content (AvgIpc) is 3.41. The zero-order valence-corrected chi connectivity index (χ0v) is 22.2. The second kappa shape index (κ2) is 12.0. The molecule has 0 fully saturated rings. The molecule has 202 valence electrons. The smallest absolute Gasteiger partial charge is 0.328 e. The van der Waals surface area contributed by atoms with Crippen molar-refractivity contribution in [3.05, 3.63) is 119 Å². The van der Waals surface area contributed by atoms with Crippen LogP contribution in [0.25, 0.3) is 22.2 Å². The van der Waals surface area contributed by atoms with Crippen molar-refractivity contribution in [3.8, 4) is 16.9 Å². The van der Waals surface area contributed by atoms with E-state index in [-0.39, 0.29) is 18.1 Å². The van der Waals surface area contributed by atoms with Crippen molar-refractivity contribution in [1.29, 1.82) is 0 Å². The molecule has 9 heteroatoms. The first-order valence-corrected chi connectivity index (χ1v) is 12.9. The monoisotopic (exact) mass is 557 g/mol. The number of aromatic nitrogens is 2. The predicted molar refractivity (Wildman–Crippen MR) is 151 cm³/mol. The Kier molecular flexibility index (Phi) is 8.07. The molecule has 5 rings (SSSR count). The molecule has 1 unspecified atom stereocenters. The first kappa shape index (κ1) is 26.9. The van der Waals surface area contributed by atoms with Crippen LogP contribution < -0.4 is 10.1 Å². The van der Waals surface area contributed by atoms with Gasteiger partial charge in [0, 0.05) is 11.4 Å². The number of H-pyrrole nitrogens is 1. The number of fused-ring (bicyclic) bond motifs is 1. The van der Waals surface area contributed by atoms with Gasteiger partial charge in [-0.3, -0.25) is 4.79 Å². The maximum absolute atomic E-state index is 13.1. The summed E-state index contributed by atoms with van der Waals surface area (Å²) >= 11 is 5.99. The van der Waals surface area contributed by atoms with Gasteiger partial charge in [-0.05, 0) is 70.8 Å². The van der Waals surface area contributed by atoms with Crippen LogP contribution in [-0.2, 0) is 22.6 Å². The molecule has 0 bridgehead atoms. The lowest BCUT2D eigenvalue weighted by Crippen LogP contribution is -2.43. The summed E-state index contributed by atoms with van der Waals surface area (Å²) in [6.07, 6.45) is 0.206. The van der Waals surface area contributed by atoms with Gasteiger partial charge in [0.25, 0.3) is 5.91 Å². The van der Waals surface area contributed by atoms with Crippen molar-refractivity contribution in [3.63, 3.8) is 0 Å². The van der Waals surface area contributed by atoms with E-state index in [1.807, 2.05) is 54.6 Å². The summed E-state index contributed by atoms with van der Waals surface area (Å²) in [4.78, 5) is 33.0. The van der Waals surface area contributed by atoms with Gasteiger partial charge in [-0.25, -0.2) is 14.2 Å². The number of esters is 1. The predicted octanol–water partition coefficient (Wildman–Crippen LogP) is 6.12. The molecule has 7 nitrogen and oxygen atoms in total. The molecule has 0 radical (unpaired) electrons. The fourth-order valence-electron chi connectivity index (χ4n) is 4.21. The molecule has 1 heterocycles. The summed E-state index contributed by atoms with van der Waals surface area (Å²) in [6.45, 7) is 0.291. The van der Waals surface area contributed by atoms with Crippen LogP contribution in [0.5, 0.6) is 5.75 Å². The minimum absolute atomic E-state index is 0.0849. The summed E-state index contributed by atoms with van der Waals surface area (Å²) in [7, 11) is 1.27. The number of halogens is 2. The molecule has 0 aliphatic heterocycles. The van der Waals surface area contributed by atoms with E-state index in [2.05, 4.69) is 15.3 Å². The number of amides is 1. The maximum atomic E-state index is 13.1. The highest BCUT2D eigenvalue weighted by atomic mass is 35.5. The SMILES string of the molecule is COC(=O)C(Cc1ccc(OCc2ccc(F)cc2)cc1)NC(=O)c1nc2ccc(-c3ccc(Cl)cc3)cc2[nH]1. The van der Waals surface area contributed by atoms with Crippen LogP contribution in [0.3, 0.4) is 0 Å². The number of carbonyl (C=O) groups is 2. The number of imidazole rings is 1. The Morgan fingerprint density at radius 3 is 2.30 bits per heavy atom. The molecule has 1 atom stereocenters. The zero-order chi connectivity index (χ0) is 28.1. The lowest BCUT2D eigenvalue weighted by atomic mass is 10.1. The highest BCUT2D eigenvalue weighted by molar-refractivity contribution is 6.30. The van der Waals surface area contributed by atoms with E-state index in [1.54, 1.807) is 24.3 Å². The molecule has 0 aliphatic rings. The third-order valence-corrected chi connectivity index (χ3v) is 6.60. The van der Waals surface area contributed by atoms with E-state index in [1.165, 1.54) is 19.2 Å². The van der Waals surface area contributed by atoms with Gasteiger partial charge in [0.1, 0.15) is 24.2 Å². The normalized spacial score (nSPS) is 11.7. The topological polar surface area (TPSA) is 93.3 Å². The molecule has 4 aromatic carbocycles. The number of aromatic amines is 1. The van der Waals surface area contributed by atoms with Crippen molar-refractivity contribution in [2.45, 2.75) is 19.1 Å². The van der Waals surface area contributed by atoms with Crippen LogP contribution in [0.4, 0.5) is 4.39 Å². The van der Waals surface area contributed by atoms with Gasteiger partial charge >= 0.3 is 5.97 Å². The van der Waals surface area contributed by atoms with E-state index in [9.17, 15) is 14.0 Å². The Morgan fingerprint density at radius 1 is 0.925 bits per heavy atom. The van der Waals surface area contributed by atoms with E-state index < -0.39 is 17.9 Å². The molecule has 40 heavy (non-hydrogen) atoms. The molecule has 0 saturated carbocycles. The van der Waals surface area contributed by atoms with E-state index in [0.717, 1.165) is 22.3 Å². The Labute approximate surface area is 234 Å². The van der Waals surface area contributed by atoms with Crippen molar-refractivity contribution >= 4 is 34.5 Å². The first-order valence-electron chi connectivity index (χ1n) is 12.5. The standard InChI is InChI=1S/C31H25ClFN3O4/c1-39-31(38)28(16-19-4-13-25(14-5-19)40-18-20-2-11-24(33)12-3-20)36-30(37)29-34-26-15-8-22(17-27(26)35-29)21-6-9-23(32)10-7-21/h2-15,17,28H,16,18H2,1H3,(H,34,35)(H,36,37). The van der Waals surface area contributed by atoms with Crippen molar-refractivity contribution < 1.29 is 23.5 Å². The van der Waals surface area contributed by atoms with Crippen LogP contribution in [-0.4, -0.2) is 35.0 Å². The molecule has 0 spiro atoms. The van der Waals surface area contributed by atoms with Gasteiger partial charge in [-0.15, -0.1) is 0 Å². The highest BCUT2D eigenvalue weighted by Crippen LogP contribution is 2.25. The number of hydrogen-bond acceptors (Lipinski definition) is 5. The van der Waals surface area contributed by atoms with Gasteiger partial charge in [-0.1, -0.05) is 54.1 Å². The van der Waals surface area contributed by atoms with Gasteiger partial charge in [-0.2, -0.15) is 0 Å². The summed E-state index contributed by atoms with van der Waals surface area (Å²) in [5, 5.41) is 3.38. The van der Waals surface area contributed by atoms with Crippen molar-refractivity contribution in [2.24, 2.45) is 0 Å². The van der Waals surface area contributed by atoms with Gasteiger partial charge in [0.2, 0.25) is 0 Å². The number of nitrogens with one attached hydrogen (secondary N) is 2.